The van der Waals surface area contributed by atoms with E-state index in [1.165, 1.54) is 19.2 Å². The lowest BCUT2D eigenvalue weighted by Gasteiger charge is -2.26. The van der Waals surface area contributed by atoms with E-state index in [-0.39, 0.29) is 12.8 Å². The molecule has 224 valence electrons. The summed E-state index contributed by atoms with van der Waals surface area (Å²) in [4.78, 5) is 50.8. The van der Waals surface area contributed by atoms with Crippen LogP contribution in [-0.4, -0.2) is 48.1 Å². The van der Waals surface area contributed by atoms with Crippen LogP contribution in [0.5, 0.6) is 0 Å². The molecular weight excluding hydrogens is 571 g/mol. The van der Waals surface area contributed by atoms with Crippen molar-refractivity contribution in [2.24, 2.45) is 11.8 Å². The highest BCUT2D eigenvalue weighted by Crippen LogP contribution is 2.28. The quantitative estimate of drug-likeness (QED) is 0.208. The first-order valence-corrected chi connectivity index (χ1v) is 13.4. The Kier molecular flexibility index (Phi) is 12.4. The molecule has 0 saturated carbocycles. The molecule has 0 spiro atoms. The zero-order valence-corrected chi connectivity index (χ0v) is 23.3. The van der Waals surface area contributed by atoms with Crippen LogP contribution in [0.1, 0.15) is 44.2 Å². The molecule has 2 N–H and O–H groups in total. The normalized spacial score (nSPS) is 13.4. The van der Waals surface area contributed by atoms with E-state index < -0.39 is 72.7 Å². The van der Waals surface area contributed by atoms with Crippen molar-refractivity contribution in [3.8, 4) is 0 Å². The van der Waals surface area contributed by atoms with E-state index >= 15 is 0 Å². The highest BCUT2D eigenvalue weighted by atomic mass is 35.5. The number of hydrogen-bond acceptors (Lipinski definition) is 4. The van der Waals surface area contributed by atoms with Crippen LogP contribution in [0.15, 0.2) is 54.6 Å². The van der Waals surface area contributed by atoms with E-state index in [1.54, 1.807) is 54.6 Å². The number of amides is 2. The highest BCUT2D eigenvalue weighted by Gasteiger charge is 2.51. The van der Waals surface area contributed by atoms with Gasteiger partial charge in [-0.2, -0.15) is 22.0 Å². The summed E-state index contributed by atoms with van der Waals surface area (Å²) in [5, 5.41) is 4.57. The summed E-state index contributed by atoms with van der Waals surface area (Å²) >= 11 is 5.97. The molecule has 12 heteroatoms. The number of carbonyl (C=O) groups excluding carboxylic acids is 4. The van der Waals surface area contributed by atoms with Gasteiger partial charge in [0.05, 0.1) is 12.5 Å². The molecule has 2 amide bonds. The Morgan fingerprint density at radius 1 is 0.902 bits per heavy atom. The van der Waals surface area contributed by atoms with E-state index in [0.717, 1.165) is 5.56 Å². The predicted octanol–water partition coefficient (Wildman–Crippen LogP) is 5.50. The van der Waals surface area contributed by atoms with E-state index in [0.29, 0.717) is 17.0 Å². The van der Waals surface area contributed by atoms with Gasteiger partial charge in [0.2, 0.25) is 11.7 Å². The van der Waals surface area contributed by atoms with Crippen molar-refractivity contribution in [3.63, 3.8) is 0 Å². The SMILES string of the molecule is CC(C)[C@H](CC(=O)[C@H](Cc1ccccc1)NC(=O)CCc1cccc(Cl)c1)C(=O)C(F)(F)C(=O)NCCC(F)(F)F. The summed E-state index contributed by atoms with van der Waals surface area (Å²) in [7, 11) is 0. The summed E-state index contributed by atoms with van der Waals surface area (Å²) in [6.07, 6.45) is -6.61. The fourth-order valence-electron chi connectivity index (χ4n) is 4.08. The van der Waals surface area contributed by atoms with Crippen molar-refractivity contribution < 1.29 is 41.1 Å². The maximum absolute atomic E-state index is 14.7. The maximum Gasteiger partial charge on any atom is 0.390 e. The molecule has 0 unspecified atom stereocenters. The Morgan fingerprint density at radius 3 is 2.12 bits per heavy atom. The van der Waals surface area contributed by atoms with Gasteiger partial charge in [-0.3, -0.25) is 19.2 Å². The molecule has 0 aliphatic rings. The lowest BCUT2D eigenvalue weighted by molar-refractivity contribution is -0.163. The van der Waals surface area contributed by atoms with Crippen molar-refractivity contribution in [1.29, 1.82) is 0 Å². The van der Waals surface area contributed by atoms with Gasteiger partial charge in [-0.05, 0) is 42.0 Å². The van der Waals surface area contributed by atoms with Gasteiger partial charge < -0.3 is 10.6 Å². The first-order valence-electron chi connectivity index (χ1n) is 13.0. The molecule has 0 aliphatic carbocycles. The van der Waals surface area contributed by atoms with Gasteiger partial charge in [0.25, 0.3) is 5.91 Å². The van der Waals surface area contributed by atoms with Crippen molar-refractivity contribution in [2.75, 3.05) is 6.54 Å². The zero-order chi connectivity index (χ0) is 30.8. The number of hydrogen-bond donors (Lipinski definition) is 2. The van der Waals surface area contributed by atoms with Gasteiger partial charge >= 0.3 is 12.1 Å². The predicted molar refractivity (Wildman–Crippen MR) is 143 cm³/mol. The maximum atomic E-state index is 14.7. The first-order chi connectivity index (χ1) is 19.1. The van der Waals surface area contributed by atoms with Crippen LogP contribution < -0.4 is 10.6 Å². The van der Waals surface area contributed by atoms with Gasteiger partial charge in [0.15, 0.2) is 5.78 Å². The number of ketones is 2. The Labute approximate surface area is 240 Å². The van der Waals surface area contributed by atoms with Crippen LogP contribution in [0.25, 0.3) is 0 Å². The Morgan fingerprint density at radius 2 is 1.54 bits per heavy atom. The summed E-state index contributed by atoms with van der Waals surface area (Å²) in [5.74, 6) is -12.3. The van der Waals surface area contributed by atoms with E-state index in [1.807, 2.05) is 0 Å². The van der Waals surface area contributed by atoms with E-state index in [2.05, 4.69) is 5.32 Å². The van der Waals surface area contributed by atoms with Crippen molar-refractivity contribution >= 4 is 35.0 Å². The zero-order valence-electron chi connectivity index (χ0n) is 22.6. The standard InChI is InChI=1S/C29H32ClF5N2O4/c1-18(2)22(26(40)29(34,35)27(41)36-14-13-28(31,32)33)17-24(38)23(16-19-7-4-3-5-8-19)37-25(39)12-11-20-9-6-10-21(30)15-20/h3-10,15,18,22-23H,11-14,16-17H2,1-2H3,(H,36,41)(H,37,39)/t22-,23-/m0/s1. The fourth-order valence-corrected chi connectivity index (χ4v) is 4.29. The third-order valence-electron chi connectivity index (χ3n) is 6.39. The second kappa shape index (κ2) is 15.0. The molecule has 0 aliphatic heterocycles. The first kappa shape index (κ1) is 33.9. The third kappa shape index (κ3) is 11.2. The van der Waals surface area contributed by atoms with Crippen LogP contribution in [0.3, 0.4) is 0 Å². The number of nitrogens with one attached hydrogen (secondary N) is 2. The largest absolute Gasteiger partial charge is 0.390 e. The summed E-state index contributed by atoms with van der Waals surface area (Å²) in [6.45, 7) is 1.68. The minimum Gasteiger partial charge on any atom is -0.350 e. The number of carbonyl (C=O) groups is 4. The molecule has 0 fully saturated rings. The number of aryl methyl sites for hydroxylation is 1. The monoisotopic (exact) mass is 602 g/mol. The smallest absolute Gasteiger partial charge is 0.350 e. The Hall–Kier alpha value is -3.34. The molecular formula is C29H32ClF5N2O4. The fraction of sp³-hybridized carbons (Fsp3) is 0.448. The van der Waals surface area contributed by atoms with E-state index in [9.17, 15) is 41.1 Å². The highest BCUT2D eigenvalue weighted by molar-refractivity contribution is 6.30. The van der Waals surface area contributed by atoms with Gasteiger partial charge in [-0.1, -0.05) is 67.9 Å². The molecule has 0 saturated heterocycles. The van der Waals surface area contributed by atoms with Crippen molar-refractivity contribution in [1.82, 2.24) is 10.6 Å². The van der Waals surface area contributed by atoms with E-state index in [4.69, 9.17) is 11.6 Å². The third-order valence-corrected chi connectivity index (χ3v) is 6.62. The van der Waals surface area contributed by atoms with Gasteiger partial charge in [0, 0.05) is 30.3 Å². The van der Waals surface area contributed by atoms with Crippen LogP contribution in [-0.2, 0) is 32.0 Å². The van der Waals surface area contributed by atoms with Gasteiger partial charge in [-0.25, -0.2) is 0 Å². The Balaban J connectivity index is 2.16. The van der Waals surface area contributed by atoms with Crippen molar-refractivity contribution in [3.05, 3.63) is 70.7 Å². The molecule has 2 atom stereocenters. The summed E-state index contributed by atoms with van der Waals surface area (Å²) in [5.41, 5.74) is 1.46. The second-order valence-corrected chi connectivity index (χ2v) is 10.5. The van der Waals surface area contributed by atoms with Crippen LogP contribution >= 0.6 is 11.6 Å². The lowest BCUT2D eigenvalue weighted by atomic mass is 9.82. The average molecular weight is 603 g/mol. The number of halogens is 6. The molecule has 0 heterocycles. The summed E-state index contributed by atoms with van der Waals surface area (Å²) in [6, 6.07) is 14.3. The van der Waals surface area contributed by atoms with Crippen LogP contribution in [0.4, 0.5) is 22.0 Å². The number of Topliss-reactive ketones (excluding diaryl/α,β-unsaturated/α-hetero) is 2. The molecule has 2 rings (SSSR count). The number of alkyl halides is 5. The second-order valence-electron chi connectivity index (χ2n) is 10.0. The molecule has 2 aromatic rings. The van der Waals surface area contributed by atoms with Crippen LogP contribution in [0, 0.1) is 11.8 Å². The molecule has 41 heavy (non-hydrogen) atoms. The van der Waals surface area contributed by atoms with Crippen molar-refractivity contribution in [2.45, 2.75) is 64.1 Å². The molecule has 2 aromatic carbocycles. The Bertz CT molecular complexity index is 1210. The summed E-state index contributed by atoms with van der Waals surface area (Å²) < 4.78 is 66.4. The topological polar surface area (TPSA) is 92.3 Å². The number of benzene rings is 2. The minimum atomic E-state index is -4.69. The van der Waals surface area contributed by atoms with Gasteiger partial charge in [0.1, 0.15) is 0 Å². The molecule has 0 aromatic heterocycles. The van der Waals surface area contributed by atoms with Gasteiger partial charge in [-0.15, -0.1) is 0 Å². The number of rotatable bonds is 15. The lowest BCUT2D eigenvalue weighted by Crippen LogP contribution is -2.51. The molecule has 0 radical (unpaired) electrons. The minimum absolute atomic E-state index is 0.00161. The average Bonchev–Trinajstić information content (AvgIpc) is 2.89. The molecule has 0 bridgehead atoms. The molecule has 6 nitrogen and oxygen atoms in total. The van der Waals surface area contributed by atoms with Crippen LogP contribution in [0.2, 0.25) is 5.02 Å².